The van der Waals surface area contributed by atoms with Gasteiger partial charge in [-0.05, 0) is 53.1 Å². The van der Waals surface area contributed by atoms with Crippen molar-refractivity contribution in [1.29, 1.82) is 0 Å². The fraction of sp³-hybridized carbons (Fsp3) is 0.118. The van der Waals surface area contributed by atoms with Crippen molar-refractivity contribution < 1.29 is 14.2 Å². The van der Waals surface area contributed by atoms with Gasteiger partial charge in [-0.25, -0.2) is 0 Å². The molecule has 2 N–H and O–H groups in total. The van der Waals surface area contributed by atoms with Crippen molar-refractivity contribution in [2.75, 3.05) is 18.2 Å². The maximum Gasteiger partial charge on any atom is 0.385 e. The second kappa shape index (κ2) is 7.65. The number of hydrogen-bond donors (Lipinski definition) is 2. The average Bonchev–Trinajstić information content (AvgIpc) is 3.10. The highest BCUT2D eigenvalue weighted by atomic mass is 32.2. The predicted octanol–water partition coefficient (Wildman–Crippen LogP) is 2.43. The van der Waals surface area contributed by atoms with Crippen LogP contribution in [0.2, 0.25) is 0 Å². The largest absolute Gasteiger partial charge is 0.497 e. The molecule has 0 saturated heterocycles. The van der Waals surface area contributed by atoms with Crippen molar-refractivity contribution in [1.82, 2.24) is 10.1 Å². The van der Waals surface area contributed by atoms with E-state index in [2.05, 4.69) is 15.4 Å². The lowest BCUT2D eigenvalue weighted by Gasteiger charge is -2.05. The monoisotopic (exact) mass is 341 g/mol. The maximum atomic E-state index is 12.1. The van der Waals surface area contributed by atoms with Gasteiger partial charge in [-0.15, -0.1) is 4.68 Å². The van der Waals surface area contributed by atoms with Crippen LogP contribution in [-0.2, 0) is 4.79 Å². The van der Waals surface area contributed by atoms with Gasteiger partial charge in [0, 0.05) is 5.69 Å². The summed E-state index contributed by atoms with van der Waals surface area (Å²) >= 11 is 1.37. The number of thioether (sulfide) groups is 1. The van der Waals surface area contributed by atoms with Gasteiger partial charge in [-0.1, -0.05) is 18.2 Å². The minimum Gasteiger partial charge on any atom is -0.497 e. The molecule has 0 aliphatic heterocycles. The van der Waals surface area contributed by atoms with Gasteiger partial charge in [-0.2, -0.15) is 5.10 Å². The predicted molar refractivity (Wildman–Crippen MR) is 92.5 cm³/mol. The Labute approximate surface area is 143 Å². The number of aromatic amines is 1. The number of benzene rings is 2. The van der Waals surface area contributed by atoms with Crippen LogP contribution in [0.25, 0.3) is 5.69 Å². The molecule has 2 aromatic carbocycles. The number of methoxy groups -OCH3 is 1. The summed E-state index contributed by atoms with van der Waals surface area (Å²) in [4.78, 5) is 16.4. The van der Waals surface area contributed by atoms with Crippen LogP contribution >= 0.6 is 11.8 Å². The molecule has 0 bridgehead atoms. The lowest BCUT2D eigenvalue weighted by Crippen LogP contribution is -2.35. The Bertz CT molecular complexity index is 803. The van der Waals surface area contributed by atoms with Crippen LogP contribution in [-0.4, -0.2) is 28.9 Å². The SMILES string of the molecule is COc1ccc(NC(=O)CSc2nc[nH][n+]2-c2ccccc2)cc1. The number of carbonyl (C=O) groups is 1. The first-order chi connectivity index (χ1) is 11.8. The van der Waals surface area contributed by atoms with Crippen molar-refractivity contribution in [3.63, 3.8) is 0 Å². The highest BCUT2D eigenvalue weighted by Gasteiger charge is 2.18. The highest BCUT2D eigenvalue weighted by Crippen LogP contribution is 2.16. The van der Waals surface area contributed by atoms with E-state index in [4.69, 9.17) is 4.74 Å². The van der Waals surface area contributed by atoms with Gasteiger partial charge in [0.25, 0.3) is 0 Å². The van der Waals surface area contributed by atoms with Crippen LogP contribution in [0.15, 0.2) is 66.1 Å². The van der Waals surface area contributed by atoms with Gasteiger partial charge >= 0.3 is 5.16 Å². The van der Waals surface area contributed by atoms with E-state index < -0.39 is 0 Å². The molecule has 0 radical (unpaired) electrons. The molecule has 0 saturated carbocycles. The molecule has 122 valence electrons. The number of carbonyl (C=O) groups excluding carboxylic acids is 1. The van der Waals surface area contributed by atoms with Gasteiger partial charge in [0.2, 0.25) is 12.2 Å². The number of anilines is 1. The quantitative estimate of drug-likeness (QED) is 0.534. The van der Waals surface area contributed by atoms with E-state index in [9.17, 15) is 4.79 Å². The first-order valence-corrected chi connectivity index (χ1v) is 8.32. The number of hydrogen-bond acceptors (Lipinski definition) is 4. The topological polar surface area (TPSA) is 70.9 Å². The van der Waals surface area contributed by atoms with E-state index in [0.717, 1.165) is 22.3 Å². The molecule has 1 aromatic heterocycles. The zero-order valence-electron chi connectivity index (χ0n) is 13.1. The second-order valence-electron chi connectivity index (χ2n) is 4.91. The molecular weight excluding hydrogens is 324 g/mol. The molecule has 6 nitrogen and oxygen atoms in total. The average molecular weight is 341 g/mol. The number of nitrogens with one attached hydrogen (secondary N) is 2. The lowest BCUT2D eigenvalue weighted by atomic mass is 10.3. The van der Waals surface area contributed by atoms with Gasteiger partial charge in [0.1, 0.15) is 5.75 Å². The van der Waals surface area contributed by atoms with Crippen molar-refractivity contribution in [3.8, 4) is 11.4 Å². The van der Waals surface area contributed by atoms with Crippen LogP contribution in [0.5, 0.6) is 5.75 Å². The van der Waals surface area contributed by atoms with Crippen molar-refractivity contribution >= 4 is 23.4 Å². The van der Waals surface area contributed by atoms with Crippen LogP contribution in [0.4, 0.5) is 5.69 Å². The van der Waals surface area contributed by atoms with Crippen molar-refractivity contribution in [2.45, 2.75) is 5.16 Å². The molecule has 3 aromatic rings. The summed E-state index contributed by atoms with van der Waals surface area (Å²) < 4.78 is 6.93. The third-order valence-corrected chi connectivity index (χ3v) is 4.23. The Morgan fingerprint density at radius 1 is 1.21 bits per heavy atom. The molecule has 1 heterocycles. The Morgan fingerprint density at radius 2 is 1.96 bits per heavy atom. The van der Waals surface area contributed by atoms with Crippen LogP contribution in [0.3, 0.4) is 0 Å². The first kappa shape index (κ1) is 16.1. The Hall–Kier alpha value is -2.80. The van der Waals surface area contributed by atoms with E-state index in [1.807, 2.05) is 35.0 Å². The fourth-order valence-electron chi connectivity index (χ4n) is 2.12. The third-order valence-electron chi connectivity index (χ3n) is 3.27. The number of aromatic nitrogens is 3. The third kappa shape index (κ3) is 3.94. The van der Waals surface area contributed by atoms with E-state index in [1.54, 1.807) is 37.7 Å². The number of para-hydroxylation sites is 1. The first-order valence-electron chi connectivity index (χ1n) is 7.34. The van der Waals surface area contributed by atoms with Gasteiger partial charge in [0.05, 0.1) is 12.9 Å². The number of ether oxygens (including phenoxy) is 1. The van der Waals surface area contributed by atoms with E-state index in [1.165, 1.54) is 11.8 Å². The van der Waals surface area contributed by atoms with Gasteiger partial charge < -0.3 is 10.1 Å². The smallest absolute Gasteiger partial charge is 0.385 e. The molecule has 0 spiro atoms. The van der Waals surface area contributed by atoms with Crippen LogP contribution < -0.4 is 14.7 Å². The molecule has 24 heavy (non-hydrogen) atoms. The Morgan fingerprint density at radius 3 is 2.67 bits per heavy atom. The molecule has 7 heteroatoms. The molecule has 3 rings (SSSR count). The summed E-state index contributed by atoms with van der Waals surface area (Å²) in [5, 5.41) is 6.63. The zero-order valence-corrected chi connectivity index (χ0v) is 13.9. The normalized spacial score (nSPS) is 10.4. The number of H-pyrrole nitrogens is 1. The lowest BCUT2D eigenvalue weighted by molar-refractivity contribution is -0.694. The summed E-state index contributed by atoms with van der Waals surface area (Å²) in [7, 11) is 1.61. The Kier molecular flexibility index (Phi) is 5.12. The number of amides is 1. The second-order valence-corrected chi connectivity index (χ2v) is 5.85. The summed E-state index contributed by atoms with van der Waals surface area (Å²) in [5.41, 5.74) is 1.70. The van der Waals surface area contributed by atoms with Gasteiger partial charge in [0.15, 0.2) is 5.69 Å². The van der Waals surface area contributed by atoms with Gasteiger partial charge in [-0.3, -0.25) is 4.79 Å². The summed E-state index contributed by atoms with van der Waals surface area (Å²) in [6.07, 6.45) is 1.61. The fourth-order valence-corrected chi connectivity index (χ4v) is 2.87. The molecule has 1 amide bonds. The molecule has 0 aliphatic carbocycles. The van der Waals surface area contributed by atoms with Crippen molar-refractivity contribution in [2.24, 2.45) is 0 Å². The van der Waals surface area contributed by atoms with E-state index in [0.29, 0.717) is 0 Å². The summed E-state index contributed by atoms with van der Waals surface area (Å²) in [6, 6.07) is 17.0. The maximum absolute atomic E-state index is 12.1. The highest BCUT2D eigenvalue weighted by molar-refractivity contribution is 7.99. The molecule has 0 fully saturated rings. The minimum atomic E-state index is -0.0900. The van der Waals surface area contributed by atoms with E-state index in [-0.39, 0.29) is 11.7 Å². The molecule has 0 atom stereocenters. The molecule has 0 aliphatic rings. The zero-order chi connectivity index (χ0) is 16.8. The van der Waals surface area contributed by atoms with E-state index >= 15 is 0 Å². The minimum absolute atomic E-state index is 0.0900. The van der Waals surface area contributed by atoms with Crippen LogP contribution in [0.1, 0.15) is 0 Å². The standard InChI is InChI=1S/C17H16N4O2S/c1-23-15-9-7-13(8-10-15)20-16(22)11-24-17-18-12-19-21(17)14-5-3-2-4-6-14/h2-10,12H,11H2,1H3,(H,20,22)/p+1. The van der Waals surface area contributed by atoms with Crippen molar-refractivity contribution in [3.05, 3.63) is 60.9 Å². The summed E-state index contributed by atoms with van der Waals surface area (Å²) in [5.74, 6) is 0.930. The van der Waals surface area contributed by atoms with Crippen LogP contribution in [0, 0.1) is 0 Å². The molecular formula is C17H17N4O2S+. The Balaban J connectivity index is 1.60. The number of rotatable bonds is 6. The molecule has 0 unspecified atom stereocenters. The number of nitrogens with zero attached hydrogens (tertiary/aromatic N) is 2. The summed E-state index contributed by atoms with van der Waals surface area (Å²) in [6.45, 7) is 0.